The van der Waals surface area contributed by atoms with Crippen LogP contribution in [0.25, 0.3) is 0 Å². The van der Waals surface area contributed by atoms with Crippen LogP contribution in [-0.2, 0) is 0 Å². The molecule has 0 aliphatic heterocycles. The van der Waals surface area contributed by atoms with Gasteiger partial charge in [0.15, 0.2) is 0 Å². The van der Waals surface area contributed by atoms with E-state index in [-0.39, 0.29) is 0 Å². The summed E-state index contributed by atoms with van der Waals surface area (Å²) in [6.07, 6.45) is 0. The maximum atomic E-state index is 10.9. The van der Waals surface area contributed by atoms with Crippen LogP contribution in [0.5, 0.6) is 0 Å². The number of pyridine rings is 1. The van der Waals surface area contributed by atoms with Crippen molar-refractivity contribution in [1.29, 1.82) is 0 Å². The number of hydrogen-bond acceptors (Lipinski definition) is 3. The second kappa shape index (κ2) is 4.62. The molecular formula is C8H9BrN2OS. The zero-order valence-corrected chi connectivity index (χ0v) is 9.48. The third-order valence-corrected chi connectivity index (χ3v) is 2.55. The van der Waals surface area contributed by atoms with Crippen molar-refractivity contribution in [3.63, 3.8) is 0 Å². The monoisotopic (exact) mass is 260 g/mol. The van der Waals surface area contributed by atoms with Gasteiger partial charge in [-0.3, -0.25) is 4.79 Å². The summed E-state index contributed by atoms with van der Waals surface area (Å²) in [5.41, 5.74) is 5.63. The van der Waals surface area contributed by atoms with Gasteiger partial charge in [-0.25, -0.2) is 4.98 Å². The largest absolute Gasteiger partial charge is 0.366 e. The molecule has 0 aliphatic rings. The molecule has 0 atom stereocenters. The van der Waals surface area contributed by atoms with Gasteiger partial charge in [-0.2, -0.15) is 0 Å². The van der Waals surface area contributed by atoms with E-state index in [0.29, 0.717) is 10.2 Å². The first-order chi connectivity index (χ1) is 6.13. The Kier molecular flexibility index (Phi) is 3.74. The predicted molar refractivity (Wildman–Crippen MR) is 56.9 cm³/mol. The maximum Gasteiger partial charge on any atom is 0.248 e. The van der Waals surface area contributed by atoms with Crippen LogP contribution in [0.4, 0.5) is 0 Å². The summed E-state index contributed by atoms with van der Waals surface area (Å²) in [6.45, 7) is 2.02. The van der Waals surface area contributed by atoms with E-state index in [1.807, 2.05) is 6.92 Å². The fourth-order valence-corrected chi connectivity index (χ4v) is 2.06. The molecule has 1 aromatic heterocycles. The second-order valence-corrected chi connectivity index (χ2v) is 4.41. The van der Waals surface area contributed by atoms with Gasteiger partial charge in [0.05, 0.1) is 5.03 Å². The standard InChI is InChI=1S/C8H9BrN2OS/c1-2-13-7-4-5(8(10)12)3-6(9)11-7/h3-4H,2H2,1H3,(H2,10,12). The number of thioether (sulfide) groups is 1. The maximum absolute atomic E-state index is 10.9. The van der Waals surface area contributed by atoms with Crippen LogP contribution in [0.3, 0.4) is 0 Å². The number of hydrogen-bond donors (Lipinski definition) is 1. The molecule has 1 aromatic rings. The van der Waals surface area contributed by atoms with Crippen LogP contribution in [0, 0.1) is 0 Å². The number of carbonyl (C=O) groups is 1. The molecule has 0 saturated heterocycles. The lowest BCUT2D eigenvalue weighted by Gasteiger charge is -2.01. The molecule has 0 radical (unpaired) electrons. The minimum absolute atomic E-state index is 0.430. The number of amides is 1. The van der Waals surface area contributed by atoms with Gasteiger partial charge in [0.1, 0.15) is 4.60 Å². The highest BCUT2D eigenvalue weighted by molar-refractivity contribution is 9.10. The van der Waals surface area contributed by atoms with Crippen molar-refractivity contribution in [2.24, 2.45) is 5.73 Å². The molecule has 5 heteroatoms. The van der Waals surface area contributed by atoms with E-state index in [1.54, 1.807) is 23.9 Å². The minimum Gasteiger partial charge on any atom is -0.366 e. The molecule has 0 unspecified atom stereocenters. The number of primary amides is 1. The van der Waals surface area contributed by atoms with Crippen molar-refractivity contribution >= 4 is 33.6 Å². The fourth-order valence-electron chi connectivity index (χ4n) is 0.837. The van der Waals surface area contributed by atoms with Gasteiger partial charge >= 0.3 is 0 Å². The molecule has 1 rings (SSSR count). The third-order valence-electron chi connectivity index (χ3n) is 1.35. The van der Waals surface area contributed by atoms with Crippen molar-refractivity contribution in [2.45, 2.75) is 11.9 Å². The lowest BCUT2D eigenvalue weighted by molar-refractivity contribution is 0.1000. The lowest BCUT2D eigenvalue weighted by atomic mass is 10.3. The van der Waals surface area contributed by atoms with Gasteiger partial charge in [0, 0.05) is 5.56 Å². The summed E-state index contributed by atoms with van der Waals surface area (Å²) in [4.78, 5) is 15.1. The molecular weight excluding hydrogens is 252 g/mol. The molecule has 0 aliphatic carbocycles. The Labute approximate surface area is 89.2 Å². The Bertz CT molecular complexity index is 330. The predicted octanol–water partition coefficient (Wildman–Crippen LogP) is 2.05. The SMILES string of the molecule is CCSc1cc(C(N)=O)cc(Br)n1. The summed E-state index contributed by atoms with van der Waals surface area (Å²) < 4.78 is 0.639. The zero-order chi connectivity index (χ0) is 9.84. The van der Waals surface area contributed by atoms with Gasteiger partial charge in [0.2, 0.25) is 5.91 Å². The molecule has 1 amide bonds. The quantitative estimate of drug-likeness (QED) is 0.669. The second-order valence-electron chi connectivity index (χ2n) is 2.31. The number of halogens is 1. The number of nitrogens with zero attached hydrogens (tertiary/aromatic N) is 1. The van der Waals surface area contributed by atoms with Gasteiger partial charge in [-0.05, 0) is 33.8 Å². The van der Waals surface area contributed by atoms with E-state index in [1.165, 1.54) is 0 Å². The summed E-state index contributed by atoms with van der Waals surface area (Å²) >= 11 is 4.79. The van der Waals surface area contributed by atoms with E-state index in [2.05, 4.69) is 20.9 Å². The average Bonchev–Trinajstić information content (AvgIpc) is 2.03. The first-order valence-electron chi connectivity index (χ1n) is 3.73. The summed E-state index contributed by atoms with van der Waals surface area (Å²) in [6, 6.07) is 3.31. The normalized spacial score (nSPS) is 10.0. The van der Waals surface area contributed by atoms with Gasteiger partial charge in [0.25, 0.3) is 0 Å². The van der Waals surface area contributed by atoms with Crippen molar-refractivity contribution in [3.05, 3.63) is 22.3 Å². The molecule has 0 fully saturated rings. The van der Waals surface area contributed by atoms with Crippen molar-refractivity contribution in [1.82, 2.24) is 4.98 Å². The van der Waals surface area contributed by atoms with Crippen molar-refractivity contribution < 1.29 is 4.79 Å². The summed E-state index contributed by atoms with van der Waals surface area (Å²) in [5, 5.41) is 0.811. The van der Waals surface area contributed by atoms with Crippen LogP contribution in [0.15, 0.2) is 21.8 Å². The van der Waals surface area contributed by atoms with Gasteiger partial charge in [-0.15, -0.1) is 11.8 Å². The molecule has 3 nitrogen and oxygen atoms in total. The highest BCUT2D eigenvalue weighted by Gasteiger charge is 2.04. The molecule has 0 saturated carbocycles. The Balaban J connectivity index is 3.03. The highest BCUT2D eigenvalue weighted by atomic mass is 79.9. The van der Waals surface area contributed by atoms with E-state index < -0.39 is 5.91 Å². The highest BCUT2D eigenvalue weighted by Crippen LogP contribution is 2.19. The van der Waals surface area contributed by atoms with Crippen LogP contribution < -0.4 is 5.73 Å². The molecule has 2 N–H and O–H groups in total. The van der Waals surface area contributed by atoms with Crippen LogP contribution in [-0.4, -0.2) is 16.6 Å². The zero-order valence-electron chi connectivity index (χ0n) is 7.08. The summed E-state index contributed by atoms with van der Waals surface area (Å²) in [7, 11) is 0. The minimum atomic E-state index is -0.430. The van der Waals surface area contributed by atoms with E-state index in [0.717, 1.165) is 10.8 Å². The number of aromatic nitrogens is 1. The molecule has 70 valence electrons. The van der Waals surface area contributed by atoms with E-state index >= 15 is 0 Å². The molecule has 0 aromatic carbocycles. The number of nitrogens with two attached hydrogens (primary N) is 1. The first-order valence-corrected chi connectivity index (χ1v) is 5.51. The van der Waals surface area contributed by atoms with Gasteiger partial charge < -0.3 is 5.73 Å². The van der Waals surface area contributed by atoms with Crippen LogP contribution >= 0.6 is 27.7 Å². The molecule has 0 spiro atoms. The molecule has 0 bridgehead atoms. The number of carbonyl (C=O) groups excluding carboxylic acids is 1. The topological polar surface area (TPSA) is 56.0 Å². The Hall–Kier alpha value is -0.550. The number of rotatable bonds is 3. The van der Waals surface area contributed by atoms with Crippen molar-refractivity contribution in [3.8, 4) is 0 Å². The average molecular weight is 261 g/mol. The summed E-state index contributed by atoms with van der Waals surface area (Å²) in [5.74, 6) is 0.489. The third kappa shape index (κ3) is 3.00. The van der Waals surface area contributed by atoms with E-state index in [4.69, 9.17) is 5.73 Å². The fraction of sp³-hybridized carbons (Fsp3) is 0.250. The lowest BCUT2D eigenvalue weighted by Crippen LogP contribution is -2.11. The van der Waals surface area contributed by atoms with E-state index in [9.17, 15) is 4.79 Å². The smallest absolute Gasteiger partial charge is 0.248 e. The van der Waals surface area contributed by atoms with Crippen LogP contribution in [0.2, 0.25) is 0 Å². The van der Waals surface area contributed by atoms with Crippen molar-refractivity contribution in [2.75, 3.05) is 5.75 Å². The van der Waals surface area contributed by atoms with Crippen LogP contribution in [0.1, 0.15) is 17.3 Å². The molecule has 1 heterocycles. The Morgan fingerprint density at radius 2 is 2.38 bits per heavy atom. The first kappa shape index (κ1) is 10.5. The molecule has 13 heavy (non-hydrogen) atoms. The Morgan fingerprint density at radius 1 is 1.69 bits per heavy atom. The van der Waals surface area contributed by atoms with Gasteiger partial charge in [-0.1, -0.05) is 6.92 Å². The Morgan fingerprint density at radius 3 is 2.92 bits per heavy atom.